The zero-order valence-corrected chi connectivity index (χ0v) is 21.7. The predicted octanol–water partition coefficient (Wildman–Crippen LogP) is 6.57. The van der Waals surface area contributed by atoms with Crippen LogP contribution in [0.15, 0.2) is 113 Å². The van der Waals surface area contributed by atoms with Crippen LogP contribution < -0.4 is 10.2 Å². The molecule has 1 aliphatic rings. The fourth-order valence-corrected chi connectivity index (χ4v) is 5.50. The van der Waals surface area contributed by atoms with Gasteiger partial charge in [0.2, 0.25) is 0 Å². The molecule has 6 nitrogen and oxygen atoms in total. The van der Waals surface area contributed by atoms with Crippen molar-refractivity contribution >= 4 is 52.5 Å². The maximum atomic E-state index is 13.3. The number of anilines is 2. The zero-order chi connectivity index (χ0) is 26.5. The quantitative estimate of drug-likeness (QED) is 0.267. The van der Waals surface area contributed by atoms with Gasteiger partial charge in [0, 0.05) is 9.79 Å². The van der Waals surface area contributed by atoms with E-state index in [9.17, 15) is 14.4 Å². The Balaban J connectivity index is 1.30. The number of para-hydroxylation sites is 2. The van der Waals surface area contributed by atoms with Gasteiger partial charge in [-0.25, -0.2) is 0 Å². The van der Waals surface area contributed by atoms with Gasteiger partial charge < -0.3 is 10.1 Å². The first-order valence-corrected chi connectivity index (χ1v) is 13.2. The van der Waals surface area contributed by atoms with E-state index in [0.29, 0.717) is 10.6 Å². The Morgan fingerprint density at radius 3 is 2.03 bits per heavy atom. The number of carbonyl (C=O) groups is 3. The van der Waals surface area contributed by atoms with Crippen LogP contribution >= 0.6 is 23.4 Å². The average molecular weight is 543 g/mol. The molecule has 4 aromatic carbocycles. The van der Waals surface area contributed by atoms with E-state index in [1.54, 1.807) is 40.9 Å². The molecule has 8 heteroatoms. The van der Waals surface area contributed by atoms with Crippen molar-refractivity contribution in [2.24, 2.45) is 0 Å². The number of amides is 2. The second kappa shape index (κ2) is 11.5. The fourth-order valence-electron chi connectivity index (χ4n) is 4.22. The Morgan fingerprint density at radius 2 is 1.37 bits per heavy atom. The lowest BCUT2D eigenvalue weighted by atomic mass is 10.0. The molecular weight excluding hydrogens is 520 g/mol. The minimum Gasteiger partial charge on any atom is -0.455 e. The molecule has 5 rings (SSSR count). The van der Waals surface area contributed by atoms with E-state index in [1.165, 1.54) is 0 Å². The van der Waals surface area contributed by atoms with Gasteiger partial charge in [0.25, 0.3) is 11.8 Å². The highest BCUT2D eigenvalue weighted by Crippen LogP contribution is 2.47. The summed E-state index contributed by atoms with van der Waals surface area (Å²) in [6.07, 6.45) is -0.156. The Hall–Kier alpha value is -4.07. The smallest absolute Gasteiger partial charge is 0.308 e. The summed E-state index contributed by atoms with van der Waals surface area (Å²) in [6, 6.07) is 30.4. The molecule has 1 atom stereocenters. The molecule has 0 aliphatic carbocycles. The van der Waals surface area contributed by atoms with Crippen LogP contribution in [-0.2, 0) is 14.3 Å². The fraction of sp³-hybridized carbons (Fsp3) is 0.100. The van der Waals surface area contributed by atoms with Gasteiger partial charge in [0.05, 0.1) is 34.4 Å². The summed E-state index contributed by atoms with van der Waals surface area (Å²) in [4.78, 5) is 42.7. The van der Waals surface area contributed by atoms with E-state index in [0.717, 1.165) is 26.7 Å². The Kier molecular flexibility index (Phi) is 7.77. The van der Waals surface area contributed by atoms with Crippen molar-refractivity contribution in [1.82, 2.24) is 5.32 Å². The largest absolute Gasteiger partial charge is 0.455 e. The lowest BCUT2D eigenvalue weighted by molar-refractivity contribution is -0.148. The number of esters is 1. The maximum Gasteiger partial charge on any atom is 0.308 e. The van der Waals surface area contributed by atoms with Crippen LogP contribution in [0.5, 0.6) is 0 Å². The number of ether oxygens (including phenoxy) is 1. The van der Waals surface area contributed by atoms with Gasteiger partial charge in [-0.05, 0) is 42.0 Å². The minimum absolute atomic E-state index is 0.156. The first-order chi connectivity index (χ1) is 18.5. The lowest BCUT2D eigenvalue weighted by Crippen LogP contribution is -2.34. The van der Waals surface area contributed by atoms with Crippen LogP contribution in [0, 0.1) is 0 Å². The summed E-state index contributed by atoms with van der Waals surface area (Å²) >= 11 is 7.78. The average Bonchev–Trinajstić information content (AvgIpc) is 2.95. The van der Waals surface area contributed by atoms with E-state index in [2.05, 4.69) is 5.32 Å². The number of hydrogen-bond acceptors (Lipinski definition) is 5. The topological polar surface area (TPSA) is 75.7 Å². The monoisotopic (exact) mass is 542 g/mol. The molecule has 1 heterocycles. The molecular formula is C30H23ClN2O4S. The second-order valence-electron chi connectivity index (χ2n) is 8.55. The van der Waals surface area contributed by atoms with Gasteiger partial charge >= 0.3 is 5.97 Å². The van der Waals surface area contributed by atoms with Crippen molar-refractivity contribution in [1.29, 1.82) is 0 Å². The molecule has 0 bridgehead atoms. The molecule has 0 saturated carbocycles. The van der Waals surface area contributed by atoms with Crippen LogP contribution in [0.1, 0.15) is 28.4 Å². The number of fused-ring (bicyclic) bond motifs is 2. The van der Waals surface area contributed by atoms with Crippen molar-refractivity contribution in [3.63, 3.8) is 0 Å². The van der Waals surface area contributed by atoms with Crippen molar-refractivity contribution in [3.05, 3.63) is 119 Å². The van der Waals surface area contributed by atoms with Crippen molar-refractivity contribution < 1.29 is 19.1 Å². The normalized spacial score (nSPS) is 12.6. The zero-order valence-electron chi connectivity index (χ0n) is 20.2. The molecule has 0 fully saturated rings. The SMILES string of the molecule is O=C(CC(NC(=O)c1ccccc1Cl)c1ccccc1)OCC(=O)N1c2ccccc2Sc2ccccc21. The highest BCUT2D eigenvalue weighted by Gasteiger charge is 2.29. The molecule has 38 heavy (non-hydrogen) atoms. The van der Waals surface area contributed by atoms with Crippen LogP contribution in [0.4, 0.5) is 11.4 Å². The molecule has 1 N–H and O–H groups in total. The number of halogens is 1. The Labute approximate surface area is 229 Å². The summed E-state index contributed by atoms with van der Waals surface area (Å²) in [5.41, 5.74) is 2.52. The highest BCUT2D eigenvalue weighted by atomic mass is 35.5. The molecule has 4 aromatic rings. The third-order valence-electron chi connectivity index (χ3n) is 6.03. The van der Waals surface area contributed by atoms with Gasteiger partial charge in [-0.15, -0.1) is 0 Å². The van der Waals surface area contributed by atoms with Gasteiger partial charge in [-0.1, -0.05) is 90.1 Å². The molecule has 0 spiro atoms. The Morgan fingerprint density at radius 1 is 0.789 bits per heavy atom. The molecule has 0 saturated heterocycles. The number of rotatable bonds is 7. The summed E-state index contributed by atoms with van der Waals surface area (Å²) in [7, 11) is 0. The van der Waals surface area contributed by atoms with Gasteiger partial charge in [0.1, 0.15) is 0 Å². The molecule has 2 amide bonds. The summed E-state index contributed by atoms with van der Waals surface area (Å²) in [5.74, 6) is -1.39. The summed E-state index contributed by atoms with van der Waals surface area (Å²) in [6.45, 7) is -0.438. The number of nitrogens with one attached hydrogen (secondary N) is 1. The minimum atomic E-state index is -0.671. The van der Waals surface area contributed by atoms with Crippen LogP contribution in [0.25, 0.3) is 0 Å². The first-order valence-electron chi connectivity index (χ1n) is 12.0. The third kappa shape index (κ3) is 5.59. The predicted molar refractivity (Wildman–Crippen MR) is 148 cm³/mol. The van der Waals surface area contributed by atoms with Crippen molar-refractivity contribution in [3.8, 4) is 0 Å². The maximum absolute atomic E-state index is 13.3. The summed E-state index contributed by atoms with van der Waals surface area (Å²) in [5, 5.41) is 3.19. The molecule has 1 aliphatic heterocycles. The van der Waals surface area contributed by atoms with E-state index >= 15 is 0 Å². The third-order valence-corrected chi connectivity index (χ3v) is 7.49. The van der Waals surface area contributed by atoms with E-state index < -0.39 is 24.5 Å². The molecule has 190 valence electrons. The highest BCUT2D eigenvalue weighted by molar-refractivity contribution is 7.99. The second-order valence-corrected chi connectivity index (χ2v) is 10.0. The molecule has 0 radical (unpaired) electrons. The lowest BCUT2D eigenvalue weighted by Gasteiger charge is -2.30. The van der Waals surface area contributed by atoms with Crippen LogP contribution in [0.2, 0.25) is 5.02 Å². The van der Waals surface area contributed by atoms with Crippen molar-refractivity contribution in [2.45, 2.75) is 22.3 Å². The van der Waals surface area contributed by atoms with E-state index in [4.69, 9.17) is 16.3 Å². The van der Waals surface area contributed by atoms with Crippen molar-refractivity contribution in [2.75, 3.05) is 11.5 Å². The summed E-state index contributed by atoms with van der Waals surface area (Å²) < 4.78 is 5.44. The number of hydrogen-bond donors (Lipinski definition) is 1. The number of carbonyl (C=O) groups excluding carboxylic acids is 3. The van der Waals surface area contributed by atoms with Gasteiger partial charge in [-0.2, -0.15) is 0 Å². The first kappa shape index (κ1) is 25.6. The molecule has 0 aromatic heterocycles. The number of benzene rings is 4. The van der Waals surface area contributed by atoms with Gasteiger partial charge in [-0.3, -0.25) is 19.3 Å². The Bertz CT molecular complexity index is 1450. The van der Waals surface area contributed by atoms with Crippen LogP contribution in [0.3, 0.4) is 0 Å². The van der Waals surface area contributed by atoms with E-state index in [-0.39, 0.29) is 12.3 Å². The molecule has 1 unspecified atom stereocenters. The van der Waals surface area contributed by atoms with Crippen LogP contribution in [-0.4, -0.2) is 24.4 Å². The number of nitrogens with zero attached hydrogens (tertiary/aromatic N) is 1. The standard InChI is InChI=1S/C30H23ClN2O4S/c31-22-13-5-4-12-21(22)30(36)32-23(20-10-2-1-3-11-20)18-29(35)37-19-28(34)33-24-14-6-8-16-26(24)38-27-17-9-7-15-25(27)33/h1-17,23H,18-19H2,(H,32,36). The van der Waals surface area contributed by atoms with E-state index in [1.807, 2.05) is 78.9 Å². The van der Waals surface area contributed by atoms with Gasteiger partial charge in [0.15, 0.2) is 6.61 Å².